The summed E-state index contributed by atoms with van der Waals surface area (Å²) in [7, 11) is 0. The van der Waals surface area contributed by atoms with Crippen LogP contribution in [-0.2, 0) is 17.6 Å². The lowest BCUT2D eigenvalue weighted by atomic mass is 10.1. The fraction of sp³-hybridized carbons (Fsp3) is 0.235. The van der Waals surface area contributed by atoms with E-state index in [2.05, 4.69) is 34.2 Å². The minimum Gasteiger partial charge on any atom is -0.325 e. The molecule has 2 aromatic rings. The number of aryl methyl sites for hydroxylation is 2. The monoisotopic (exact) mass is 331 g/mol. The SMILES string of the molecule is CCc1cccc(C)c1NC(=O)Cc1ccccc1Br. The highest BCUT2D eigenvalue weighted by molar-refractivity contribution is 9.10. The maximum atomic E-state index is 12.2. The zero-order valence-corrected chi connectivity index (χ0v) is 13.3. The summed E-state index contributed by atoms with van der Waals surface area (Å²) in [5.74, 6) is 0.0147. The highest BCUT2D eigenvalue weighted by Gasteiger charge is 2.10. The normalized spacial score (nSPS) is 10.3. The van der Waals surface area contributed by atoms with Crippen LogP contribution in [0.1, 0.15) is 23.6 Å². The Morgan fingerprint density at radius 1 is 1.10 bits per heavy atom. The van der Waals surface area contributed by atoms with Crippen LogP contribution in [0.4, 0.5) is 5.69 Å². The molecule has 0 aromatic heterocycles. The molecule has 0 atom stereocenters. The van der Waals surface area contributed by atoms with E-state index in [1.54, 1.807) is 0 Å². The molecule has 2 aromatic carbocycles. The number of halogens is 1. The van der Waals surface area contributed by atoms with Crippen molar-refractivity contribution >= 4 is 27.5 Å². The number of hydrogen-bond acceptors (Lipinski definition) is 1. The second kappa shape index (κ2) is 6.71. The Balaban J connectivity index is 2.15. The first-order valence-electron chi connectivity index (χ1n) is 6.73. The van der Waals surface area contributed by atoms with Gasteiger partial charge < -0.3 is 5.32 Å². The van der Waals surface area contributed by atoms with E-state index in [0.717, 1.165) is 27.7 Å². The molecular weight excluding hydrogens is 314 g/mol. The summed E-state index contributed by atoms with van der Waals surface area (Å²) in [6, 6.07) is 13.9. The van der Waals surface area contributed by atoms with Crippen molar-refractivity contribution in [1.29, 1.82) is 0 Å². The minimum absolute atomic E-state index is 0.0147. The van der Waals surface area contributed by atoms with Crippen LogP contribution in [-0.4, -0.2) is 5.91 Å². The van der Waals surface area contributed by atoms with Crippen LogP contribution in [0.25, 0.3) is 0 Å². The summed E-state index contributed by atoms with van der Waals surface area (Å²) in [6.07, 6.45) is 1.28. The number of nitrogens with one attached hydrogen (secondary N) is 1. The van der Waals surface area contributed by atoms with Crippen molar-refractivity contribution in [2.24, 2.45) is 0 Å². The van der Waals surface area contributed by atoms with Gasteiger partial charge in [0.1, 0.15) is 0 Å². The predicted molar refractivity (Wildman–Crippen MR) is 87.0 cm³/mol. The average Bonchev–Trinajstić information content (AvgIpc) is 2.43. The standard InChI is InChI=1S/C17H18BrNO/c1-3-13-9-6-7-12(2)17(13)19-16(20)11-14-8-4-5-10-15(14)18/h4-10H,3,11H2,1-2H3,(H,19,20). The van der Waals surface area contributed by atoms with Crippen molar-refractivity contribution in [2.75, 3.05) is 5.32 Å². The number of hydrogen-bond donors (Lipinski definition) is 1. The van der Waals surface area contributed by atoms with E-state index >= 15 is 0 Å². The number of benzene rings is 2. The van der Waals surface area contributed by atoms with Gasteiger partial charge >= 0.3 is 0 Å². The van der Waals surface area contributed by atoms with E-state index in [4.69, 9.17) is 0 Å². The molecule has 0 unspecified atom stereocenters. The summed E-state index contributed by atoms with van der Waals surface area (Å²) < 4.78 is 0.968. The lowest BCUT2D eigenvalue weighted by molar-refractivity contribution is -0.115. The zero-order valence-electron chi connectivity index (χ0n) is 11.7. The second-order valence-electron chi connectivity index (χ2n) is 4.78. The third-order valence-electron chi connectivity index (χ3n) is 3.31. The second-order valence-corrected chi connectivity index (χ2v) is 5.63. The molecule has 0 bridgehead atoms. The van der Waals surface area contributed by atoms with Gasteiger partial charge in [-0.15, -0.1) is 0 Å². The van der Waals surface area contributed by atoms with Crippen LogP contribution in [0.3, 0.4) is 0 Å². The highest BCUT2D eigenvalue weighted by atomic mass is 79.9. The number of amides is 1. The largest absolute Gasteiger partial charge is 0.325 e. The zero-order chi connectivity index (χ0) is 14.5. The first-order chi connectivity index (χ1) is 9.61. The van der Waals surface area contributed by atoms with Crippen molar-refractivity contribution < 1.29 is 4.79 Å². The number of carbonyl (C=O) groups excluding carboxylic acids is 1. The van der Waals surface area contributed by atoms with Crippen LogP contribution in [0, 0.1) is 6.92 Å². The molecule has 1 N–H and O–H groups in total. The Bertz CT molecular complexity index is 622. The van der Waals surface area contributed by atoms with E-state index in [1.807, 2.05) is 43.3 Å². The first kappa shape index (κ1) is 14.8. The summed E-state index contributed by atoms with van der Waals surface area (Å²) in [5.41, 5.74) is 4.22. The van der Waals surface area contributed by atoms with E-state index in [-0.39, 0.29) is 5.91 Å². The molecule has 0 aliphatic heterocycles. The summed E-state index contributed by atoms with van der Waals surface area (Å²) in [5, 5.41) is 3.05. The van der Waals surface area contributed by atoms with Crippen LogP contribution in [0.15, 0.2) is 46.9 Å². The molecule has 0 fully saturated rings. The molecule has 0 radical (unpaired) electrons. The maximum Gasteiger partial charge on any atom is 0.228 e. The van der Waals surface area contributed by atoms with Gasteiger partial charge in [0.2, 0.25) is 5.91 Å². The van der Waals surface area contributed by atoms with E-state index in [1.165, 1.54) is 5.56 Å². The highest BCUT2D eigenvalue weighted by Crippen LogP contribution is 2.22. The molecule has 104 valence electrons. The third-order valence-corrected chi connectivity index (χ3v) is 4.09. The van der Waals surface area contributed by atoms with Crippen LogP contribution >= 0.6 is 15.9 Å². The molecule has 0 heterocycles. The van der Waals surface area contributed by atoms with Gasteiger partial charge in [-0.2, -0.15) is 0 Å². The molecule has 0 aliphatic carbocycles. The predicted octanol–water partition coefficient (Wildman–Crippen LogP) is 4.50. The smallest absolute Gasteiger partial charge is 0.228 e. The number of anilines is 1. The Kier molecular flexibility index (Phi) is 4.96. The molecule has 0 aliphatic rings. The molecule has 0 saturated heterocycles. The van der Waals surface area contributed by atoms with E-state index < -0.39 is 0 Å². The topological polar surface area (TPSA) is 29.1 Å². The number of carbonyl (C=O) groups is 1. The number of para-hydroxylation sites is 1. The molecule has 3 heteroatoms. The maximum absolute atomic E-state index is 12.2. The van der Waals surface area contributed by atoms with Crippen molar-refractivity contribution in [3.8, 4) is 0 Å². The lowest BCUT2D eigenvalue weighted by Crippen LogP contribution is -2.16. The van der Waals surface area contributed by atoms with Crippen LogP contribution in [0.5, 0.6) is 0 Å². The van der Waals surface area contributed by atoms with E-state index in [9.17, 15) is 4.79 Å². The van der Waals surface area contributed by atoms with Gasteiger partial charge in [-0.1, -0.05) is 59.3 Å². The molecule has 0 saturated carbocycles. The molecule has 20 heavy (non-hydrogen) atoms. The quantitative estimate of drug-likeness (QED) is 0.877. The van der Waals surface area contributed by atoms with Crippen molar-refractivity contribution in [1.82, 2.24) is 0 Å². The van der Waals surface area contributed by atoms with Gasteiger partial charge in [0.15, 0.2) is 0 Å². The summed E-state index contributed by atoms with van der Waals surface area (Å²) >= 11 is 3.47. The van der Waals surface area contributed by atoms with E-state index in [0.29, 0.717) is 6.42 Å². The van der Waals surface area contributed by atoms with Gasteiger partial charge in [-0.25, -0.2) is 0 Å². The Labute approximate surface area is 128 Å². The third kappa shape index (κ3) is 3.48. The van der Waals surface area contributed by atoms with Crippen LogP contribution in [0.2, 0.25) is 0 Å². The van der Waals surface area contributed by atoms with Gasteiger partial charge in [0, 0.05) is 10.2 Å². The fourth-order valence-electron chi connectivity index (χ4n) is 2.20. The lowest BCUT2D eigenvalue weighted by Gasteiger charge is -2.13. The average molecular weight is 332 g/mol. The Hall–Kier alpha value is -1.61. The molecule has 2 nitrogen and oxygen atoms in total. The van der Waals surface area contributed by atoms with Crippen molar-refractivity contribution in [2.45, 2.75) is 26.7 Å². The van der Waals surface area contributed by atoms with Gasteiger partial charge in [0.05, 0.1) is 6.42 Å². The summed E-state index contributed by atoms with van der Waals surface area (Å²) in [6.45, 7) is 4.12. The molecule has 2 rings (SSSR count). The van der Waals surface area contributed by atoms with Crippen LogP contribution < -0.4 is 5.32 Å². The molecule has 1 amide bonds. The number of rotatable bonds is 4. The Morgan fingerprint density at radius 2 is 1.80 bits per heavy atom. The molecular formula is C17H18BrNO. The minimum atomic E-state index is 0.0147. The molecule has 0 spiro atoms. The van der Waals surface area contributed by atoms with Gasteiger partial charge in [0.25, 0.3) is 0 Å². The first-order valence-corrected chi connectivity index (χ1v) is 7.53. The van der Waals surface area contributed by atoms with Gasteiger partial charge in [-0.3, -0.25) is 4.79 Å². The van der Waals surface area contributed by atoms with Gasteiger partial charge in [-0.05, 0) is 36.1 Å². The van der Waals surface area contributed by atoms with Crippen molar-refractivity contribution in [3.05, 3.63) is 63.6 Å². The fourth-order valence-corrected chi connectivity index (χ4v) is 2.63. The Morgan fingerprint density at radius 3 is 2.50 bits per heavy atom. The summed E-state index contributed by atoms with van der Waals surface area (Å²) in [4.78, 5) is 12.2. The van der Waals surface area contributed by atoms with Crippen molar-refractivity contribution in [3.63, 3.8) is 0 Å².